The Hall–Kier alpha value is -3.14. The lowest BCUT2D eigenvalue weighted by molar-refractivity contribution is 0.102. The highest BCUT2D eigenvalue weighted by atomic mass is 19.1. The fourth-order valence-electron chi connectivity index (χ4n) is 3.30. The van der Waals surface area contributed by atoms with E-state index in [9.17, 15) is 9.18 Å². The van der Waals surface area contributed by atoms with Crippen molar-refractivity contribution in [1.82, 2.24) is 0 Å². The van der Waals surface area contributed by atoms with Gasteiger partial charge in [0, 0.05) is 30.0 Å². The predicted molar refractivity (Wildman–Crippen MR) is 102 cm³/mol. The first-order chi connectivity index (χ1) is 12.7. The topological polar surface area (TPSA) is 32.3 Å². The molecule has 1 N–H and O–H groups in total. The lowest BCUT2D eigenvalue weighted by Gasteiger charge is -2.30. The normalized spacial score (nSPS) is 13.2. The zero-order chi connectivity index (χ0) is 17.9. The Balaban J connectivity index is 1.45. The van der Waals surface area contributed by atoms with E-state index in [1.54, 1.807) is 6.07 Å². The van der Waals surface area contributed by atoms with Crippen LogP contribution in [0.1, 0.15) is 21.5 Å². The molecule has 130 valence electrons. The van der Waals surface area contributed by atoms with Gasteiger partial charge in [-0.1, -0.05) is 30.3 Å². The highest BCUT2D eigenvalue weighted by Gasteiger charge is 2.16. The quantitative estimate of drug-likeness (QED) is 0.749. The fourth-order valence-corrected chi connectivity index (χ4v) is 3.30. The second-order valence-corrected chi connectivity index (χ2v) is 6.45. The Bertz CT molecular complexity index is 937. The fraction of sp³-hybridized carbons (Fsp3) is 0.136. The Kier molecular flexibility index (Phi) is 4.40. The van der Waals surface area contributed by atoms with Crippen LogP contribution in [0.4, 0.5) is 15.8 Å². The number of nitrogens with zero attached hydrogens (tertiary/aromatic N) is 1. The smallest absolute Gasteiger partial charge is 0.255 e. The number of amides is 1. The summed E-state index contributed by atoms with van der Waals surface area (Å²) in [7, 11) is 0. The second-order valence-electron chi connectivity index (χ2n) is 6.45. The number of nitrogens with one attached hydrogen (secondary N) is 1. The van der Waals surface area contributed by atoms with E-state index in [0.29, 0.717) is 11.3 Å². The van der Waals surface area contributed by atoms with Crippen LogP contribution in [0.5, 0.6) is 0 Å². The number of anilines is 2. The number of benzene rings is 3. The van der Waals surface area contributed by atoms with Crippen molar-refractivity contribution in [3.63, 3.8) is 0 Å². The molecule has 1 amide bonds. The number of fused-ring (bicyclic) bond motifs is 1. The van der Waals surface area contributed by atoms with Crippen molar-refractivity contribution in [1.29, 1.82) is 0 Å². The van der Waals surface area contributed by atoms with Gasteiger partial charge in [0.2, 0.25) is 0 Å². The molecular formula is C22H19FN2O. The summed E-state index contributed by atoms with van der Waals surface area (Å²) in [5.41, 5.74) is 4.91. The first kappa shape index (κ1) is 16.3. The van der Waals surface area contributed by atoms with Crippen molar-refractivity contribution in [2.75, 3.05) is 16.8 Å². The average Bonchev–Trinajstić information content (AvgIpc) is 2.68. The SMILES string of the molecule is O=C(Nc1ccc(N2CCc3ccccc3C2)cc1)c1cccc(F)c1. The molecule has 26 heavy (non-hydrogen) atoms. The number of halogens is 1. The number of hydrogen-bond acceptors (Lipinski definition) is 2. The minimum atomic E-state index is -0.418. The van der Waals surface area contributed by atoms with Crippen molar-refractivity contribution in [2.45, 2.75) is 13.0 Å². The minimum Gasteiger partial charge on any atom is -0.367 e. The molecule has 0 saturated heterocycles. The van der Waals surface area contributed by atoms with Gasteiger partial charge >= 0.3 is 0 Å². The zero-order valence-corrected chi connectivity index (χ0v) is 14.3. The summed E-state index contributed by atoms with van der Waals surface area (Å²) in [4.78, 5) is 14.5. The van der Waals surface area contributed by atoms with Crippen LogP contribution in [0.25, 0.3) is 0 Å². The maximum Gasteiger partial charge on any atom is 0.255 e. The van der Waals surface area contributed by atoms with Gasteiger partial charge in [0.1, 0.15) is 5.82 Å². The molecule has 3 nitrogen and oxygen atoms in total. The molecule has 0 aromatic heterocycles. The summed E-state index contributed by atoms with van der Waals surface area (Å²) in [6.45, 7) is 1.87. The summed E-state index contributed by atoms with van der Waals surface area (Å²) < 4.78 is 13.2. The van der Waals surface area contributed by atoms with Crippen molar-refractivity contribution in [3.8, 4) is 0 Å². The van der Waals surface area contributed by atoms with Gasteiger partial charge < -0.3 is 10.2 Å². The van der Waals surface area contributed by atoms with Crippen LogP contribution in [-0.4, -0.2) is 12.5 Å². The summed E-state index contributed by atoms with van der Waals surface area (Å²) in [6, 6.07) is 22.0. The minimum absolute atomic E-state index is 0.307. The monoisotopic (exact) mass is 346 g/mol. The third kappa shape index (κ3) is 3.45. The summed E-state index contributed by atoms with van der Waals surface area (Å²) in [5.74, 6) is -0.734. The Morgan fingerprint density at radius 2 is 1.69 bits per heavy atom. The van der Waals surface area contributed by atoms with E-state index < -0.39 is 5.82 Å². The van der Waals surface area contributed by atoms with E-state index in [2.05, 4.69) is 34.5 Å². The largest absolute Gasteiger partial charge is 0.367 e. The van der Waals surface area contributed by atoms with Crippen molar-refractivity contribution < 1.29 is 9.18 Å². The van der Waals surface area contributed by atoms with E-state index in [1.165, 1.54) is 29.3 Å². The maximum atomic E-state index is 13.2. The molecule has 0 spiro atoms. The molecule has 0 fully saturated rings. The first-order valence-corrected chi connectivity index (χ1v) is 8.68. The standard InChI is InChI=1S/C22H19FN2O/c23-19-7-3-6-17(14-19)22(26)24-20-8-10-21(11-9-20)25-13-12-16-4-1-2-5-18(16)15-25/h1-11,14H,12-13,15H2,(H,24,26). The van der Waals surface area contributed by atoms with Gasteiger partial charge in [-0.05, 0) is 60.0 Å². The highest BCUT2D eigenvalue weighted by Crippen LogP contribution is 2.25. The van der Waals surface area contributed by atoms with Gasteiger partial charge in [-0.2, -0.15) is 0 Å². The van der Waals surface area contributed by atoms with E-state index in [1.807, 2.05) is 24.3 Å². The predicted octanol–water partition coefficient (Wildman–Crippen LogP) is 4.64. The average molecular weight is 346 g/mol. The first-order valence-electron chi connectivity index (χ1n) is 8.68. The molecule has 1 heterocycles. The molecule has 3 aromatic carbocycles. The maximum absolute atomic E-state index is 13.2. The van der Waals surface area contributed by atoms with E-state index in [0.717, 1.165) is 25.2 Å². The summed E-state index contributed by atoms with van der Waals surface area (Å²) in [5, 5.41) is 2.81. The second kappa shape index (κ2) is 7.00. The molecule has 1 aliphatic rings. The van der Waals surface area contributed by atoms with Crippen LogP contribution in [0, 0.1) is 5.82 Å². The number of rotatable bonds is 3. The Morgan fingerprint density at radius 3 is 2.46 bits per heavy atom. The van der Waals surface area contributed by atoms with Crippen LogP contribution in [0.15, 0.2) is 72.8 Å². The van der Waals surface area contributed by atoms with Gasteiger partial charge in [-0.3, -0.25) is 4.79 Å². The molecule has 3 aromatic rings. The number of hydrogen-bond donors (Lipinski definition) is 1. The number of carbonyl (C=O) groups is 1. The van der Waals surface area contributed by atoms with Crippen LogP contribution < -0.4 is 10.2 Å². The number of carbonyl (C=O) groups excluding carboxylic acids is 1. The highest BCUT2D eigenvalue weighted by molar-refractivity contribution is 6.04. The lowest BCUT2D eigenvalue weighted by Crippen LogP contribution is -2.30. The van der Waals surface area contributed by atoms with Gasteiger partial charge in [-0.15, -0.1) is 0 Å². The van der Waals surface area contributed by atoms with Gasteiger partial charge in [0.15, 0.2) is 0 Å². The molecule has 0 saturated carbocycles. The van der Waals surface area contributed by atoms with Crippen molar-refractivity contribution >= 4 is 17.3 Å². The van der Waals surface area contributed by atoms with E-state index in [-0.39, 0.29) is 5.91 Å². The van der Waals surface area contributed by atoms with E-state index >= 15 is 0 Å². The zero-order valence-electron chi connectivity index (χ0n) is 14.3. The third-order valence-electron chi connectivity index (χ3n) is 4.71. The van der Waals surface area contributed by atoms with Gasteiger partial charge in [0.05, 0.1) is 0 Å². The van der Waals surface area contributed by atoms with Crippen LogP contribution in [-0.2, 0) is 13.0 Å². The molecule has 4 heteroatoms. The molecule has 0 bridgehead atoms. The summed E-state index contributed by atoms with van der Waals surface area (Å²) >= 11 is 0. The summed E-state index contributed by atoms with van der Waals surface area (Å²) in [6.07, 6.45) is 1.04. The van der Waals surface area contributed by atoms with Gasteiger partial charge in [-0.25, -0.2) is 4.39 Å². The molecule has 4 rings (SSSR count). The molecule has 0 unspecified atom stereocenters. The molecule has 1 aliphatic heterocycles. The van der Waals surface area contributed by atoms with Crippen LogP contribution in [0.3, 0.4) is 0 Å². The van der Waals surface area contributed by atoms with Crippen molar-refractivity contribution in [2.24, 2.45) is 0 Å². The Morgan fingerprint density at radius 1 is 0.923 bits per heavy atom. The molecule has 0 atom stereocenters. The lowest BCUT2D eigenvalue weighted by atomic mass is 9.99. The Labute approximate surface area is 152 Å². The molecular weight excluding hydrogens is 327 g/mol. The van der Waals surface area contributed by atoms with Crippen LogP contribution in [0.2, 0.25) is 0 Å². The van der Waals surface area contributed by atoms with Crippen molar-refractivity contribution in [3.05, 3.63) is 95.3 Å². The van der Waals surface area contributed by atoms with Crippen LogP contribution >= 0.6 is 0 Å². The van der Waals surface area contributed by atoms with Gasteiger partial charge in [0.25, 0.3) is 5.91 Å². The molecule has 0 aliphatic carbocycles. The van der Waals surface area contributed by atoms with E-state index in [4.69, 9.17) is 0 Å². The molecule has 0 radical (unpaired) electrons. The third-order valence-corrected chi connectivity index (χ3v) is 4.71.